The quantitative estimate of drug-likeness (QED) is 0.471. The average Bonchev–Trinajstić information content (AvgIpc) is 3.03. The average molecular weight is 496 g/mol. The molecule has 4 rings (SSSR count). The first kappa shape index (κ1) is 25.0. The molecule has 0 fully saturated rings. The maximum atomic E-state index is 12.6. The molecule has 3 aliphatic rings. The predicted octanol–water partition coefficient (Wildman–Crippen LogP) is 5.67. The Hall–Kier alpha value is -3.06. The number of halogens is 1. The summed E-state index contributed by atoms with van der Waals surface area (Å²) in [7, 11) is 0. The Bertz CT molecular complexity index is 1130. The molecule has 8 heteroatoms. The number of anilines is 2. The summed E-state index contributed by atoms with van der Waals surface area (Å²) in [5, 5.41) is 10.6. The normalized spacial score (nSPS) is 21.9. The number of nitrogens with zero attached hydrogens (tertiary/aromatic N) is 2. The van der Waals surface area contributed by atoms with E-state index < -0.39 is 0 Å². The van der Waals surface area contributed by atoms with Crippen LogP contribution in [-0.2, 0) is 9.53 Å². The van der Waals surface area contributed by atoms with Crippen LogP contribution in [0.2, 0.25) is 0 Å². The Morgan fingerprint density at radius 3 is 2.83 bits per heavy atom. The molecule has 0 saturated carbocycles. The molecule has 2 heterocycles. The summed E-state index contributed by atoms with van der Waals surface area (Å²) in [4.78, 5) is 21.5. The molecule has 7 nitrogen and oxygen atoms in total. The van der Waals surface area contributed by atoms with Gasteiger partial charge in [0.15, 0.2) is 0 Å². The number of hydrogen-bond donors (Lipinski definition) is 3. The summed E-state index contributed by atoms with van der Waals surface area (Å²) < 4.78 is 6.11. The molecule has 2 atom stereocenters. The van der Waals surface area contributed by atoms with E-state index in [1.54, 1.807) is 6.33 Å². The van der Waals surface area contributed by atoms with Gasteiger partial charge in [0, 0.05) is 24.9 Å². The van der Waals surface area contributed by atoms with Gasteiger partial charge in [0.2, 0.25) is 5.91 Å². The van der Waals surface area contributed by atoms with Gasteiger partial charge in [-0.25, -0.2) is 9.97 Å². The zero-order valence-electron chi connectivity index (χ0n) is 20.8. The highest BCUT2D eigenvalue weighted by molar-refractivity contribution is 6.30. The molecule has 2 aliphatic carbocycles. The van der Waals surface area contributed by atoms with E-state index in [1.807, 2.05) is 51.2 Å². The Morgan fingerprint density at radius 2 is 2.09 bits per heavy atom. The number of hydrogen-bond acceptors (Lipinski definition) is 6. The Balaban J connectivity index is 1.40. The van der Waals surface area contributed by atoms with Crippen molar-refractivity contribution in [2.75, 3.05) is 17.2 Å². The number of carbonyl (C=O) groups excluding carboxylic acids is 1. The van der Waals surface area contributed by atoms with E-state index in [0.29, 0.717) is 23.6 Å². The van der Waals surface area contributed by atoms with Gasteiger partial charge in [-0.3, -0.25) is 4.79 Å². The van der Waals surface area contributed by atoms with Crippen molar-refractivity contribution in [1.82, 2.24) is 15.3 Å². The molecule has 0 bridgehead atoms. The van der Waals surface area contributed by atoms with E-state index in [1.165, 1.54) is 5.57 Å². The number of carbonyl (C=O) groups is 1. The van der Waals surface area contributed by atoms with Gasteiger partial charge in [-0.15, -0.1) is 0 Å². The number of fused-ring (bicyclic) bond motifs is 1. The van der Waals surface area contributed by atoms with Gasteiger partial charge in [0.25, 0.3) is 0 Å². The number of amides is 1. The predicted molar refractivity (Wildman–Crippen MR) is 142 cm³/mol. The Labute approximate surface area is 212 Å². The Kier molecular flexibility index (Phi) is 7.65. The van der Waals surface area contributed by atoms with E-state index in [2.05, 4.69) is 38.9 Å². The first-order valence-corrected chi connectivity index (χ1v) is 12.6. The first-order chi connectivity index (χ1) is 16.7. The maximum Gasteiger partial charge on any atom is 0.227 e. The summed E-state index contributed by atoms with van der Waals surface area (Å²) >= 11 is 6.65. The van der Waals surface area contributed by atoms with Crippen LogP contribution < -0.4 is 16.0 Å². The van der Waals surface area contributed by atoms with Gasteiger partial charge in [0.1, 0.15) is 29.5 Å². The van der Waals surface area contributed by atoms with Gasteiger partial charge in [-0.05, 0) is 51.8 Å². The van der Waals surface area contributed by atoms with Crippen LogP contribution in [0.25, 0.3) is 6.08 Å². The van der Waals surface area contributed by atoms with Crippen molar-refractivity contribution in [1.29, 1.82) is 0 Å². The number of allylic oxidation sites excluding steroid dienone is 4. The van der Waals surface area contributed by atoms with E-state index in [0.717, 1.165) is 42.3 Å². The summed E-state index contributed by atoms with van der Waals surface area (Å²) in [6, 6.07) is -0.0267. The first-order valence-electron chi connectivity index (χ1n) is 12.2. The van der Waals surface area contributed by atoms with Crippen molar-refractivity contribution in [3.05, 3.63) is 64.4 Å². The van der Waals surface area contributed by atoms with Crippen LogP contribution in [0.5, 0.6) is 0 Å². The minimum absolute atomic E-state index is 0.00905. The number of nitrogens with one attached hydrogen (secondary N) is 3. The lowest BCUT2D eigenvalue weighted by Crippen LogP contribution is -2.43. The zero-order chi connectivity index (χ0) is 25.0. The standard InChI is InChI=1S/C27H34ClN5O2/c1-5-17-11-12-29-24-21(13-17)25(31-16-30-24)32-19-9-10-23(22(28)15-19)35-20-8-6-7-18(14-20)26(34)33-27(2,3)4/h6-10,13,16,18-19H,5,11-12,14-15H2,1-4H3,(H,33,34)(H2,29,30,31,32). The van der Waals surface area contributed by atoms with Crippen LogP contribution in [0.1, 0.15) is 58.9 Å². The largest absolute Gasteiger partial charge is 0.460 e. The van der Waals surface area contributed by atoms with Crippen molar-refractivity contribution in [3.8, 4) is 0 Å². The SMILES string of the molecule is CCC1=Cc2c(ncnc2NC2C=CC(OC3=CC=CC(C(=O)NC(C)(C)C)C3)=C(Cl)C2)NCC1. The van der Waals surface area contributed by atoms with Crippen molar-refractivity contribution in [2.24, 2.45) is 5.92 Å². The van der Waals surface area contributed by atoms with Crippen LogP contribution in [0, 0.1) is 5.92 Å². The molecular formula is C27H34ClN5O2. The third-order valence-electron chi connectivity index (χ3n) is 6.02. The molecule has 3 N–H and O–H groups in total. The van der Waals surface area contributed by atoms with Crippen LogP contribution in [0.3, 0.4) is 0 Å². The molecule has 35 heavy (non-hydrogen) atoms. The molecule has 186 valence electrons. The molecule has 0 saturated heterocycles. The van der Waals surface area contributed by atoms with E-state index in [4.69, 9.17) is 16.3 Å². The number of aromatic nitrogens is 2. The molecule has 1 aromatic heterocycles. The van der Waals surface area contributed by atoms with Gasteiger partial charge in [-0.2, -0.15) is 0 Å². The fourth-order valence-electron chi connectivity index (χ4n) is 4.21. The summed E-state index contributed by atoms with van der Waals surface area (Å²) in [6.07, 6.45) is 16.4. The van der Waals surface area contributed by atoms with E-state index >= 15 is 0 Å². The second kappa shape index (κ2) is 10.7. The number of ether oxygens (including phenoxy) is 1. The van der Waals surface area contributed by atoms with Crippen molar-refractivity contribution in [2.45, 2.75) is 65.0 Å². The lowest BCUT2D eigenvalue weighted by molar-refractivity contribution is -0.125. The number of rotatable bonds is 6. The molecule has 0 aromatic carbocycles. The topological polar surface area (TPSA) is 88.2 Å². The lowest BCUT2D eigenvalue weighted by Gasteiger charge is -2.26. The highest BCUT2D eigenvalue weighted by atomic mass is 35.5. The molecule has 1 aromatic rings. The maximum absolute atomic E-state index is 12.6. The monoisotopic (exact) mass is 495 g/mol. The smallest absolute Gasteiger partial charge is 0.227 e. The van der Waals surface area contributed by atoms with Crippen LogP contribution in [-0.4, -0.2) is 34.0 Å². The van der Waals surface area contributed by atoms with E-state index in [-0.39, 0.29) is 23.4 Å². The summed E-state index contributed by atoms with van der Waals surface area (Å²) in [6.45, 7) is 8.95. The lowest BCUT2D eigenvalue weighted by atomic mass is 9.96. The second-order valence-electron chi connectivity index (χ2n) is 10.1. The summed E-state index contributed by atoms with van der Waals surface area (Å²) in [5.41, 5.74) is 2.07. The van der Waals surface area contributed by atoms with Crippen LogP contribution >= 0.6 is 11.6 Å². The molecule has 1 aliphatic heterocycles. The highest BCUT2D eigenvalue weighted by Crippen LogP contribution is 2.32. The third-order valence-corrected chi connectivity index (χ3v) is 6.36. The van der Waals surface area contributed by atoms with Gasteiger partial charge >= 0.3 is 0 Å². The van der Waals surface area contributed by atoms with Gasteiger partial charge in [0.05, 0.1) is 22.6 Å². The summed E-state index contributed by atoms with van der Waals surface area (Å²) in [5.74, 6) is 2.68. The zero-order valence-corrected chi connectivity index (χ0v) is 21.6. The fourth-order valence-corrected chi connectivity index (χ4v) is 4.48. The van der Waals surface area contributed by atoms with Crippen LogP contribution in [0.15, 0.2) is 58.8 Å². The van der Waals surface area contributed by atoms with E-state index in [9.17, 15) is 4.79 Å². The molecular weight excluding hydrogens is 462 g/mol. The highest BCUT2D eigenvalue weighted by Gasteiger charge is 2.26. The second-order valence-corrected chi connectivity index (χ2v) is 10.5. The van der Waals surface area contributed by atoms with Crippen molar-refractivity contribution < 1.29 is 9.53 Å². The molecule has 2 unspecified atom stereocenters. The van der Waals surface area contributed by atoms with Crippen LogP contribution in [0.4, 0.5) is 11.6 Å². The third kappa shape index (κ3) is 6.54. The minimum atomic E-state index is -0.279. The Morgan fingerprint density at radius 1 is 1.26 bits per heavy atom. The minimum Gasteiger partial charge on any atom is -0.460 e. The molecule has 1 amide bonds. The van der Waals surface area contributed by atoms with Gasteiger partial charge < -0.3 is 20.7 Å². The van der Waals surface area contributed by atoms with Crippen molar-refractivity contribution >= 4 is 35.2 Å². The molecule has 0 radical (unpaired) electrons. The fraction of sp³-hybridized carbons (Fsp3) is 0.444. The van der Waals surface area contributed by atoms with Crippen molar-refractivity contribution in [3.63, 3.8) is 0 Å². The van der Waals surface area contributed by atoms with Gasteiger partial charge in [-0.1, -0.05) is 42.3 Å². The molecule has 0 spiro atoms.